The van der Waals surface area contributed by atoms with Crippen LogP contribution in [0.5, 0.6) is 0 Å². The standard InChI is InChI=1S/C8H5F2N3O3/c9-7(10)5-1-4(2-11)8(13(15)16)12-6(5)3-14/h1,7,14H,3H2. The van der Waals surface area contributed by atoms with E-state index in [9.17, 15) is 18.9 Å². The number of pyridine rings is 1. The first-order valence-electron chi connectivity index (χ1n) is 3.98. The van der Waals surface area contributed by atoms with Gasteiger partial charge < -0.3 is 15.2 Å². The SMILES string of the molecule is N#Cc1cc(C(F)F)c(CO)nc1[N+](=O)[O-]. The summed E-state index contributed by atoms with van der Waals surface area (Å²) in [6.07, 6.45) is -2.96. The fraction of sp³-hybridized carbons (Fsp3) is 0.250. The highest BCUT2D eigenvalue weighted by molar-refractivity contribution is 5.47. The number of nitro groups is 1. The Kier molecular flexibility index (Phi) is 3.42. The highest BCUT2D eigenvalue weighted by atomic mass is 19.3. The van der Waals surface area contributed by atoms with E-state index in [1.807, 2.05) is 0 Å². The Morgan fingerprint density at radius 3 is 2.69 bits per heavy atom. The quantitative estimate of drug-likeness (QED) is 0.621. The number of nitriles is 1. The number of hydrogen-bond donors (Lipinski definition) is 1. The fourth-order valence-electron chi connectivity index (χ4n) is 1.09. The Labute approximate surface area is 87.9 Å². The summed E-state index contributed by atoms with van der Waals surface area (Å²) >= 11 is 0. The lowest BCUT2D eigenvalue weighted by molar-refractivity contribution is -0.390. The topological polar surface area (TPSA) is 100 Å². The van der Waals surface area contributed by atoms with Crippen LogP contribution in [0, 0.1) is 21.4 Å². The third-order valence-corrected chi connectivity index (χ3v) is 1.79. The molecule has 0 aliphatic rings. The predicted molar refractivity (Wildman–Crippen MR) is 46.5 cm³/mol. The van der Waals surface area contributed by atoms with Gasteiger partial charge in [-0.15, -0.1) is 0 Å². The largest absolute Gasteiger partial charge is 0.388 e. The zero-order valence-electron chi connectivity index (χ0n) is 7.72. The first-order valence-corrected chi connectivity index (χ1v) is 3.98. The van der Waals surface area contributed by atoms with Gasteiger partial charge in [0.05, 0.1) is 5.56 Å². The van der Waals surface area contributed by atoms with Gasteiger partial charge in [-0.25, -0.2) is 8.78 Å². The van der Waals surface area contributed by atoms with E-state index in [-0.39, 0.29) is 0 Å². The molecule has 0 bridgehead atoms. The maximum Gasteiger partial charge on any atom is 0.381 e. The molecule has 0 saturated heterocycles. The molecule has 0 aliphatic heterocycles. The third-order valence-electron chi connectivity index (χ3n) is 1.79. The lowest BCUT2D eigenvalue weighted by atomic mass is 10.1. The lowest BCUT2D eigenvalue weighted by Crippen LogP contribution is -2.05. The molecule has 1 N–H and O–H groups in total. The molecule has 0 radical (unpaired) electrons. The normalized spacial score (nSPS) is 10.2. The van der Waals surface area contributed by atoms with Crippen molar-refractivity contribution in [2.24, 2.45) is 0 Å². The maximum atomic E-state index is 12.4. The van der Waals surface area contributed by atoms with Gasteiger partial charge in [0.25, 0.3) is 6.43 Å². The number of aliphatic hydroxyl groups excluding tert-OH is 1. The Morgan fingerprint density at radius 1 is 1.69 bits per heavy atom. The summed E-state index contributed by atoms with van der Waals surface area (Å²) in [5.41, 5.74) is -1.73. The summed E-state index contributed by atoms with van der Waals surface area (Å²) in [7, 11) is 0. The molecular formula is C8H5F2N3O3. The summed E-state index contributed by atoms with van der Waals surface area (Å²) in [5, 5.41) is 27.7. The van der Waals surface area contributed by atoms with E-state index in [4.69, 9.17) is 10.4 Å². The molecule has 0 fully saturated rings. The van der Waals surface area contributed by atoms with Crippen molar-refractivity contribution in [1.29, 1.82) is 5.26 Å². The average molecular weight is 229 g/mol. The second-order valence-corrected chi connectivity index (χ2v) is 2.72. The Bertz CT molecular complexity index is 470. The predicted octanol–water partition coefficient (Wildman–Crippen LogP) is 1.29. The van der Waals surface area contributed by atoms with Crippen LogP contribution >= 0.6 is 0 Å². The van der Waals surface area contributed by atoms with Crippen molar-refractivity contribution < 1.29 is 18.8 Å². The summed E-state index contributed by atoms with van der Waals surface area (Å²) < 4.78 is 24.9. The molecule has 6 nitrogen and oxygen atoms in total. The Morgan fingerprint density at radius 2 is 2.31 bits per heavy atom. The van der Waals surface area contributed by atoms with Gasteiger partial charge in [0, 0.05) is 0 Å². The van der Waals surface area contributed by atoms with Gasteiger partial charge in [-0.2, -0.15) is 5.26 Å². The minimum Gasteiger partial charge on any atom is -0.388 e. The van der Waals surface area contributed by atoms with E-state index in [1.54, 1.807) is 0 Å². The van der Waals surface area contributed by atoms with Crippen LogP contribution in [0.4, 0.5) is 14.6 Å². The number of rotatable bonds is 3. The van der Waals surface area contributed by atoms with E-state index < -0.39 is 40.6 Å². The van der Waals surface area contributed by atoms with Gasteiger partial charge in [0.2, 0.25) is 0 Å². The lowest BCUT2D eigenvalue weighted by Gasteiger charge is -2.03. The summed E-state index contributed by atoms with van der Waals surface area (Å²) in [6, 6.07) is 2.07. The van der Waals surface area contributed by atoms with Gasteiger partial charge in [-0.3, -0.25) is 0 Å². The zero-order valence-corrected chi connectivity index (χ0v) is 7.72. The van der Waals surface area contributed by atoms with Crippen molar-refractivity contribution in [2.75, 3.05) is 0 Å². The molecule has 84 valence electrons. The smallest absolute Gasteiger partial charge is 0.381 e. The van der Waals surface area contributed by atoms with Crippen molar-refractivity contribution in [3.05, 3.63) is 33.0 Å². The number of halogens is 2. The molecule has 0 amide bonds. The zero-order chi connectivity index (χ0) is 12.3. The van der Waals surface area contributed by atoms with Crippen molar-refractivity contribution in [1.82, 2.24) is 4.98 Å². The second kappa shape index (κ2) is 4.59. The van der Waals surface area contributed by atoms with Crippen LogP contribution in [0.25, 0.3) is 0 Å². The molecule has 8 heteroatoms. The van der Waals surface area contributed by atoms with Crippen molar-refractivity contribution in [2.45, 2.75) is 13.0 Å². The molecule has 0 spiro atoms. The average Bonchev–Trinajstić information content (AvgIpc) is 2.26. The third kappa shape index (κ3) is 2.09. The van der Waals surface area contributed by atoms with Gasteiger partial charge in [0.1, 0.15) is 12.7 Å². The molecule has 1 aromatic heterocycles. The Balaban J connectivity index is 3.48. The molecule has 16 heavy (non-hydrogen) atoms. The van der Waals surface area contributed by atoms with E-state index in [2.05, 4.69) is 4.98 Å². The van der Waals surface area contributed by atoms with Gasteiger partial charge >= 0.3 is 5.82 Å². The molecular weight excluding hydrogens is 224 g/mol. The van der Waals surface area contributed by atoms with Crippen LogP contribution in [0.2, 0.25) is 0 Å². The van der Waals surface area contributed by atoms with E-state index in [0.717, 1.165) is 0 Å². The number of hydrogen-bond acceptors (Lipinski definition) is 5. The van der Waals surface area contributed by atoms with Crippen molar-refractivity contribution >= 4 is 5.82 Å². The van der Waals surface area contributed by atoms with Crippen LogP contribution in [0.15, 0.2) is 6.07 Å². The summed E-state index contributed by atoms with van der Waals surface area (Å²) in [6.45, 7) is -0.855. The summed E-state index contributed by atoms with van der Waals surface area (Å²) in [5.74, 6) is -0.837. The Hall–Kier alpha value is -2.14. The maximum absolute atomic E-state index is 12.4. The minimum atomic E-state index is -2.96. The van der Waals surface area contributed by atoms with Crippen LogP contribution in [0.1, 0.15) is 23.2 Å². The van der Waals surface area contributed by atoms with Crippen LogP contribution in [0.3, 0.4) is 0 Å². The van der Waals surface area contributed by atoms with Crippen LogP contribution in [-0.4, -0.2) is 15.0 Å². The molecule has 1 heterocycles. The first kappa shape index (κ1) is 11.9. The van der Waals surface area contributed by atoms with Crippen LogP contribution in [-0.2, 0) is 6.61 Å². The van der Waals surface area contributed by atoms with Gasteiger partial charge in [-0.05, 0) is 16.0 Å². The summed E-state index contributed by atoms with van der Waals surface area (Å²) in [4.78, 5) is 12.7. The highest BCUT2D eigenvalue weighted by Crippen LogP contribution is 2.26. The molecule has 0 unspecified atom stereocenters. The number of aromatic nitrogens is 1. The van der Waals surface area contributed by atoms with Crippen molar-refractivity contribution in [3.63, 3.8) is 0 Å². The van der Waals surface area contributed by atoms with E-state index in [0.29, 0.717) is 6.07 Å². The molecule has 1 aromatic rings. The van der Waals surface area contributed by atoms with E-state index in [1.165, 1.54) is 6.07 Å². The molecule has 1 rings (SSSR count). The molecule has 0 saturated carbocycles. The van der Waals surface area contributed by atoms with E-state index >= 15 is 0 Å². The molecule has 0 aromatic carbocycles. The van der Waals surface area contributed by atoms with Gasteiger partial charge in [0.15, 0.2) is 11.3 Å². The molecule has 0 aliphatic carbocycles. The van der Waals surface area contributed by atoms with Crippen molar-refractivity contribution in [3.8, 4) is 6.07 Å². The minimum absolute atomic E-state index is 0.499. The van der Waals surface area contributed by atoms with Gasteiger partial charge in [-0.1, -0.05) is 0 Å². The molecule has 0 atom stereocenters. The highest BCUT2D eigenvalue weighted by Gasteiger charge is 2.25. The fourth-order valence-corrected chi connectivity index (χ4v) is 1.09. The number of aliphatic hydroxyl groups is 1. The second-order valence-electron chi connectivity index (χ2n) is 2.72. The number of alkyl halides is 2. The van der Waals surface area contributed by atoms with Crippen LogP contribution < -0.4 is 0 Å². The first-order chi connectivity index (χ1) is 7.51. The monoisotopic (exact) mass is 229 g/mol. The number of nitrogens with zero attached hydrogens (tertiary/aromatic N) is 3.